The van der Waals surface area contributed by atoms with Crippen LogP contribution in [-0.4, -0.2) is 50.7 Å². The number of amides is 1. The number of benzene rings is 1. The first-order valence-corrected chi connectivity index (χ1v) is 10.2. The zero-order valence-corrected chi connectivity index (χ0v) is 18.2. The second-order valence-corrected chi connectivity index (χ2v) is 8.20. The smallest absolute Gasteiger partial charge is 0.260 e. The van der Waals surface area contributed by atoms with Crippen molar-refractivity contribution in [2.24, 2.45) is 5.73 Å². The van der Waals surface area contributed by atoms with Crippen molar-refractivity contribution in [3.05, 3.63) is 28.3 Å². The van der Waals surface area contributed by atoms with E-state index in [1.54, 1.807) is 27.4 Å². The molecule has 0 saturated heterocycles. The van der Waals surface area contributed by atoms with Crippen LogP contribution in [0.25, 0.3) is 21.3 Å². The molecule has 30 heavy (non-hydrogen) atoms. The normalized spacial score (nSPS) is 13.9. The number of ether oxygens (including phenoxy) is 3. The molecule has 9 heteroatoms. The molecule has 0 spiro atoms. The molecule has 0 radical (unpaired) electrons. The number of aromatic nitrogens is 1. The summed E-state index contributed by atoms with van der Waals surface area (Å²) in [6, 6.07) is 3.67. The molecule has 1 aliphatic rings. The van der Waals surface area contributed by atoms with Gasteiger partial charge >= 0.3 is 0 Å². The van der Waals surface area contributed by atoms with E-state index >= 15 is 0 Å². The summed E-state index contributed by atoms with van der Waals surface area (Å²) in [7, 11) is 6.83. The fraction of sp³-hybridized carbons (Fsp3) is 0.333. The molecule has 0 aliphatic carbocycles. The molecule has 0 bridgehead atoms. The van der Waals surface area contributed by atoms with Gasteiger partial charge < -0.3 is 30.6 Å². The lowest BCUT2D eigenvalue weighted by molar-refractivity contribution is 0.100. The Morgan fingerprint density at radius 2 is 1.80 bits per heavy atom. The Labute approximate surface area is 178 Å². The fourth-order valence-electron chi connectivity index (χ4n) is 3.96. The van der Waals surface area contributed by atoms with Gasteiger partial charge in [0.05, 0.1) is 27.0 Å². The van der Waals surface area contributed by atoms with Crippen LogP contribution in [0.15, 0.2) is 12.1 Å². The molecule has 3 heterocycles. The van der Waals surface area contributed by atoms with Crippen LogP contribution in [0, 0.1) is 0 Å². The number of nitrogens with two attached hydrogens (primary N) is 2. The molecule has 1 aromatic carbocycles. The number of likely N-dealkylation sites (N-methyl/N-ethyl adjacent to an activating group) is 1. The number of methoxy groups -OCH3 is 3. The maximum Gasteiger partial charge on any atom is 0.260 e. The first-order valence-electron chi connectivity index (χ1n) is 9.42. The van der Waals surface area contributed by atoms with Gasteiger partial charge in [0, 0.05) is 47.8 Å². The Balaban J connectivity index is 2.14. The maximum absolute atomic E-state index is 12.0. The van der Waals surface area contributed by atoms with Crippen LogP contribution in [0.3, 0.4) is 0 Å². The average Bonchev–Trinajstić information content (AvgIpc) is 3.07. The van der Waals surface area contributed by atoms with Gasteiger partial charge in [0.25, 0.3) is 5.91 Å². The number of fused-ring (bicyclic) bond motifs is 2. The molecule has 8 nitrogen and oxygen atoms in total. The summed E-state index contributed by atoms with van der Waals surface area (Å²) in [4.78, 5) is 20.0. The Kier molecular flexibility index (Phi) is 5.17. The van der Waals surface area contributed by atoms with Gasteiger partial charge in [0.1, 0.15) is 15.5 Å². The van der Waals surface area contributed by atoms with E-state index in [2.05, 4.69) is 11.9 Å². The van der Waals surface area contributed by atoms with Crippen LogP contribution >= 0.6 is 11.3 Å². The molecule has 4 N–H and O–H groups in total. The molecule has 0 atom stereocenters. The molecule has 0 fully saturated rings. The van der Waals surface area contributed by atoms with Crippen LogP contribution in [-0.2, 0) is 13.0 Å². The van der Waals surface area contributed by atoms with Crippen LogP contribution in [0.2, 0.25) is 0 Å². The summed E-state index contributed by atoms with van der Waals surface area (Å²) in [6.45, 7) is 1.60. The van der Waals surface area contributed by atoms with Crippen molar-refractivity contribution in [3.8, 4) is 28.4 Å². The Morgan fingerprint density at radius 3 is 2.43 bits per heavy atom. The van der Waals surface area contributed by atoms with Gasteiger partial charge in [-0.25, -0.2) is 4.98 Å². The van der Waals surface area contributed by atoms with Crippen molar-refractivity contribution >= 4 is 33.1 Å². The van der Waals surface area contributed by atoms with E-state index in [-0.39, 0.29) is 0 Å². The van der Waals surface area contributed by atoms with Gasteiger partial charge in [-0.15, -0.1) is 11.3 Å². The van der Waals surface area contributed by atoms with E-state index in [4.69, 9.17) is 30.7 Å². The number of primary amides is 1. The quantitative estimate of drug-likeness (QED) is 0.642. The van der Waals surface area contributed by atoms with Crippen molar-refractivity contribution in [3.63, 3.8) is 0 Å². The minimum Gasteiger partial charge on any atom is -0.496 e. The summed E-state index contributed by atoms with van der Waals surface area (Å²) in [5, 5.41) is 0.716. The molecule has 4 rings (SSSR count). The van der Waals surface area contributed by atoms with E-state index in [9.17, 15) is 4.79 Å². The first-order chi connectivity index (χ1) is 14.4. The third kappa shape index (κ3) is 3.10. The van der Waals surface area contributed by atoms with Gasteiger partial charge in [0.15, 0.2) is 11.5 Å². The second-order valence-electron chi connectivity index (χ2n) is 7.20. The van der Waals surface area contributed by atoms with Crippen molar-refractivity contribution < 1.29 is 19.0 Å². The molecule has 1 aliphatic heterocycles. The third-order valence-corrected chi connectivity index (χ3v) is 6.53. The number of carbonyl (C=O) groups is 1. The topological polar surface area (TPSA) is 113 Å². The predicted molar refractivity (Wildman–Crippen MR) is 118 cm³/mol. The van der Waals surface area contributed by atoms with Crippen molar-refractivity contribution in [1.29, 1.82) is 0 Å². The standard InChI is InChI=1S/C21H24N4O4S/c1-25-6-5-12-11(9-25)16(17-18(22)19(20(23)26)30-21(17)24-12)10-7-14(28-3)15(29-4)8-13(10)27-2/h7-8H,5-6,9,22H2,1-4H3,(H2,23,26). The number of nitrogens with zero attached hydrogens (tertiary/aromatic N) is 2. The number of hydrogen-bond donors (Lipinski definition) is 2. The highest BCUT2D eigenvalue weighted by atomic mass is 32.1. The van der Waals surface area contributed by atoms with E-state index in [1.165, 1.54) is 11.3 Å². The molecule has 0 saturated carbocycles. The molecule has 1 amide bonds. The average molecular weight is 429 g/mol. The molecular weight excluding hydrogens is 404 g/mol. The highest BCUT2D eigenvalue weighted by molar-refractivity contribution is 7.21. The minimum absolute atomic E-state index is 0.314. The number of rotatable bonds is 5. The molecule has 2 aromatic heterocycles. The molecular formula is C21H24N4O4S. The van der Waals surface area contributed by atoms with E-state index < -0.39 is 5.91 Å². The number of thiophene rings is 1. The summed E-state index contributed by atoms with van der Waals surface area (Å²) in [6.07, 6.45) is 0.800. The van der Waals surface area contributed by atoms with Crippen LogP contribution < -0.4 is 25.7 Å². The maximum atomic E-state index is 12.0. The third-order valence-electron chi connectivity index (χ3n) is 5.42. The Hall–Kier alpha value is -3.04. The number of carbonyl (C=O) groups excluding carboxylic acids is 1. The Bertz CT molecular complexity index is 1160. The van der Waals surface area contributed by atoms with Gasteiger partial charge in [-0.05, 0) is 18.7 Å². The van der Waals surface area contributed by atoms with Gasteiger partial charge in [0.2, 0.25) is 0 Å². The van der Waals surface area contributed by atoms with Gasteiger partial charge in [-0.3, -0.25) is 4.79 Å². The predicted octanol–water partition coefficient (Wildman–Crippen LogP) is 2.66. The van der Waals surface area contributed by atoms with Crippen LogP contribution in [0.1, 0.15) is 20.9 Å². The van der Waals surface area contributed by atoms with Crippen LogP contribution in [0.4, 0.5) is 5.69 Å². The molecule has 0 unspecified atom stereocenters. The SMILES string of the molecule is COc1cc(OC)c(-c2c3c(nc4sc(C(N)=O)c(N)c24)CCN(C)C3)cc1OC. The van der Waals surface area contributed by atoms with Crippen LogP contribution in [0.5, 0.6) is 17.2 Å². The lowest BCUT2D eigenvalue weighted by atomic mass is 9.91. The number of nitrogen functional groups attached to an aromatic ring is 1. The largest absolute Gasteiger partial charge is 0.496 e. The van der Waals surface area contributed by atoms with Crippen molar-refractivity contribution in [2.75, 3.05) is 40.7 Å². The monoisotopic (exact) mass is 428 g/mol. The van der Waals surface area contributed by atoms with Crippen molar-refractivity contribution in [2.45, 2.75) is 13.0 Å². The molecule has 158 valence electrons. The second kappa shape index (κ2) is 7.66. The highest BCUT2D eigenvalue weighted by Crippen LogP contribution is 2.48. The summed E-state index contributed by atoms with van der Waals surface area (Å²) in [5.41, 5.74) is 16.1. The summed E-state index contributed by atoms with van der Waals surface area (Å²) >= 11 is 1.22. The Morgan fingerprint density at radius 1 is 1.13 bits per heavy atom. The summed E-state index contributed by atoms with van der Waals surface area (Å²) < 4.78 is 16.7. The summed E-state index contributed by atoms with van der Waals surface area (Å²) in [5.74, 6) is 1.18. The lowest BCUT2D eigenvalue weighted by Crippen LogP contribution is -2.28. The fourth-order valence-corrected chi connectivity index (χ4v) is 4.94. The zero-order chi connectivity index (χ0) is 21.6. The minimum atomic E-state index is -0.559. The first kappa shape index (κ1) is 20.2. The highest BCUT2D eigenvalue weighted by Gasteiger charge is 2.28. The van der Waals surface area contributed by atoms with Gasteiger partial charge in [-0.2, -0.15) is 0 Å². The van der Waals surface area contributed by atoms with E-state index in [1.807, 2.05) is 6.07 Å². The van der Waals surface area contributed by atoms with Crippen molar-refractivity contribution in [1.82, 2.24) is 9.88 Å². The molecule has 3 aromatic rings. The number of hydrogen-bond acceptors (Lipinski definition) is 8. The van der Waals surface area contributed by atoms with Gasteiger partial charge in [-0.1, -0.05) is 0 Å². The number of anilines is 1. The van der Waals surface area contributed by atoms with E-state index in [0.717, 1.165) is 35.3 Å². The van der Waals surface area contributed by atoms with E-state index in [0.29, 0.717) is 44.6 Å². The zero-order valence-electron chi connectivity index (χ0n) is 17.4. The number of pyridine rings is 1. The lowest BCUT2D eigenvalue weighted by Gasteiger charge is -2.27.